The molecule has 2 aliphatic heterocycles. The molecule has 27 heteroatoms. The van der Waals surface area contributed by atoms with Gasteiger partial charge in [-0.25, -0.2) is 4.79 Å². The largest absolute Gasteiger partial charge is 0.490 e. The van der Waals surface area contributed by atoms with Crippen LogP contribution in [0.2, 0.25) is 0 Å². The van der Waals surface area contributed by atoms with Crippen LogP contribution < -0.4 is 43.8 Å². The highest BCUT2D eigenvalue weighted by Gasteiger charge is 2.40. The van der Waals surface area contributed by atoms with E-state index >= 15 is 0 Å². The van der Waals surface area contributed by atoms with E-state index in [9.17, 15) is 56.6 Å². The molecule has 354 valence electrons. The minimum absolute atomic E-state index is 0. The number of aliphatic carboxylic acids is 2. The molecular weight excluding hydrogens is 896 g/mol. The highest BCUT2D eigenvalue weighted by molar-refractivity contribution is 8.76. The van der Waals surface area contributed by atoms with Gasteiger partial charge in [0.15, 0.2) is 5.96 Å². The summed E-state index contributed by atoms with van der Waals surface area (Å²) in [6.45, 7) is -0.380. The number of H-pyrrole nitrogens is 1. The zero-order valence-corrected chi connectivity index (χ0v) is 35.0. The lowest BCUT2D eigenvalue weighted by Gasteiger charge is -2.30. The number of para-hydroxylation sites is 1. The average molecular weight is 948 g/mol. The number of nitrogens with two attached hydrogens (primary N) is 3. The van der Waals surface area contributed by atoms with E-state index in [0.717, 1.165) is 10.9 Å². The highest BCUT2D eigenvalue weighted by Crippen LogP contribution is 2.25. The van der Waals surface area contributed by atoms with Gasteiger partial charge in [0.1, 0.15) is 30.2 Å². The Kier molecular flexibility index (Phi) is 21.7. The van der Waals surface area contributed by atoms with Gasteiger partial charge in [-0.15, -0.1) is 0 Å². The average Bonchev–Trinajstić information content (AvgIpc) is 3.87. The molecule has 22 nitrogen and oxygen atoms in total. The second-order valence-electron chi connectivity index (χ2n) is 13.9. The summed E-state index contributed by atoms with van der Waals surface area (Å²) in [5.74, 6) is -9.27. The Hall–Kier alpha value is -6.25. The van der Waals surface area contributed by atoms with E-state index in [-0.39, 0.29) is 70.1 Å². The molecule has 0 spiro atoms. The van der Waals surface area contributed by atoms with Crippen LogP contribution in [0.25, 0.3) is 10.9 Å². The molecule has 0 radical (unpaired) electrons. The fourth-order valence-electron chi connectivity index (χ4n) is 6.23. The first kappa shape index (κ1) is 53.9. The molecule has 14 N–H and O–H groups in total. The van der Waals surface area contributed by atoms with Crippen LogP contribution in [-0.4, -0.2) is 147 Å². The Labute approximate surface area is 372 Å². The highest BCUT2D eigenvalue weighted by atomic mass is 33.1. The van der Waals surface area contributed by atoms with Crippen molar-refractivity contribution in [1.29, 1.82) is 0 Å². The van der Waals surface area contributed by atoms with Crippen molar-refractivity contribution in [2.45, 2.75) is 88.8 Å². The van der Waals surface area contributed by atoms with E-state index in [0.29, 0.717) is 12.0 Å². The molecule has 0 saturated carbocycles. The fraction of sp³-hybridized carbons (Fsp3) is 0.514. The molecule has 3 heterocycles. The number of alkyl halides is 3. The number of amides is 7. The van der Waals surface area contributed by atoms with Crippen LogP contribution in [-0.2, 0) is 49.6 Å². The van der Waals surface area contributed by atoms with Gasteiger partial charge >= 0.3 is 18.1 Å². The maximum atomic E-state index is 14.3. The van der Waals surface area contributed by atoms with E-state index in [2.05, 4.69) is 36.6 Å². The molecule has 2 fully saturated rings. The Bertz CT molecular complexity index is 2040. The van der Waals surface area contributed by atoms with E-state index in [4.69, 9.17) is 27.1 Å². The normalized spacial score (nSPS) is 22.1. The lowest BCUT2D eigenvalue weighted by atomic mass is 10.0. The molecule has 7 amide bonds. The SMILES string of the molecule is C.NC(=O)[C@@H]1CSSCCC(=O)N[C@@H](CCCN=C(N)N)C(=O)NCC(=O)N[C@@H](CC(=O)O)C(=O)N[C@@H](Cc2c[nH]c3ccccc23)C(=O)N2CCC[C@H]2C(=O)N1.O=C(O)C(F)(F)F. The third-order valence-electron chi connectivity index (χ3n) is 9.24. The van der Waals surface area contributed by atoms with Crippen LogP contribution in [0.5, 0.6) is 0 Å². The van der Waals surface area contributed by atoms with Crippen molar-refractivity contribution in [3.8, 4) is 0 Å². The lowest BCUT2D eigenvalue weighted by Crippen LogP contribution is -2.59. The molecule has 2 aliphatic rings. The molecular formula is C37H52F3N11O11S2. The van der Waals surface area contributed by atoms with Gasteiger partial charge in [0.2, 0.25) is 41.4 Å². The van der Waals surface area contributed by atoms with Crippen LogP contribution in [0.4, 0.5) is 13.2 Å². The van der Waals surface area contributed by atoms with Gasteiger partial charge in [-0.3, -0.25) is 43.3 Å². The first-order valence-corrected chi connectivity index (χ1v) is 21.6. The van der Waals surface area contributed by atoms with Crippen LogP contribution in [0.1, 0.15) is 51.5 Å². The third kappa shape index (κ3) is 17.5. The predicted molar refractivity (Wildman–Crippen MR) is 229 cm³/mol. The van der Waals surface area contributed by atoms with Gasteiger partial charge in [-0.2, -0.15) is 13.2 Å². The number of guanidine groups is 1. The number of rotatable bonds is 9. The Morgan fingerprint density at radius 1 is 0.875 bits per heavy atom. The molecule has 1 aromatic heterocycles. The number of fused-ring (bicyclic) bond motifs is 2. The van der Waals surface area contributed by atoms with E-state index in [1.165, 1.54) is 26.5 Å². The summed E-state index contributed by atoms with van der Waals surface area (Å²) in [5.41, 5.74) is 17.8. The Balaban J connectivity index is 0.00000162. The number of hydrogen-bond acceptors (Lipinski definition) is 12. The van der Waals surface area contributed by atoms with Crippen LogP contribution in [0.15, 0.2) is 35.5 Å². The van der Waals surface area contributed by atoms with Crippen LogP contribution >= 0.6 is 21.6 Å². The van der Waals surface area contributed by atoms with Crippen molar-refractivity contribution >= 4 is 91.7 Å². The third-order valence-corrected chi connectivity index (χ3v) is 11.7. The molecule has 2 aromatic rings. The molecule has 5 atom stereocenters. The molecule has 4 rings (SSSR count). The van der Waals surface area contributed by atoms with E-state index < -0.39 is 103 Å². The summed E-state index contributed by atoms with van der Waals surface area (Å²) in [4.78, 5) is 122. The van der Waals surface area contributed by atoms with E-state index in [1.807, 2.05) is 18.2 Å². The van der Waals surface area contributed by atoms with Crippen molar-refractivity contribution in [1.82, 2.24) is 36.5 Å². The predicted octanol–water partition coefficient (Wildman–Crippen LogP) is -1.18. The summed E-state index contributed by atoms with van der Waals surface area (Å²) in [6.07, 6.45) is -3.33. The van der Waals surface area contributed by atoms with Crippen molar-refractivity contribution in [2.24, 2.45) is 22.2 Å². The van der Waals surface area contributed by atoms with Gasteiger partial charge < -0.3 is 63.9 Å². The van der Waals surface area contributed by atoms with Gasteiger partial charge in [-0.05, 0) is 37.3 Å². The number of primary amides is 1. The number of carbonyl (C=O) groups is 9. The minimum atomic E-state index is -5.08. The number of carboxylic acid groups (broad SMARTS) is 2. The van der Waals surface area contributed by atoms with Gasteiger partial charge in [0.25, 0.3) is 0 Å². The van der Waals surface area contributed by atoms with Crippen molar-refractivity contribution in [3.63, 3.8) is 0 Å². The van der Waals surface area contributed by atoms with Gasteiger partial charge in [-0.1, -0.05) is 47.2 Å². The van der Waals surface area contributed by atoms with Gasteiger partial charge in [0.05, 0.1) is 13.0 Å². The number of hydrogen-bond donors (Lipinski definition) is 11. The zero-order chi connectivity index (χ0) is 46.9. The maximum absolute atomic E-state index is 14.3. The summed E-state index contributed by atoms with van der Waals surface area (Å²) in [6, 6.07) is 1.01. The number of benzene rings is 1. The Morgan fingerprint density at radius 3 is 2.19 bits per heavy atom. The van der Waals surface area contributed by atoms with Crippen molar-refractivity contribution in [3.05, 3.63) is 36.0 Å². The number of nitrogens with one attached hydrogen (secondary N) is 6. The molecule has 2 saturated heterocycles. The topological polar surface area (TPSA) is 364 Å². The lowest BCUT2D eigenvalue weighted by molar-refractivity contribution is -0.192. The molecule has 0 bridgehead atoms. The van der Waals surface area contributed by atoms with Crippen LogP contribution in [0, 0.1) is 0 Å². The maximum Gasteiger partial charge on any atom is 0.490 e. The number of aromatic amines is 1. The number of halogens is 3. The molecule has 1 aromatic carbocycles. The summed E-state index contributed by atoms with van der Waals surface area (Å²) in [5, 5.41) is 30.1. The summed E-state index contributed by atoms with van der Waals surface area (Å²) >= 11 is 0. The number of nitrogens with zero attached hydrogens (tertiary/aromatic N) is 2. The number of aromatic nitrogens is 1. The standard InChI is InChI=1S/C34H47N11O9S2.C2HF3O2.CH4/c35-29(50)24-17-56-55-12-9-26(46)41-21(7-3-10-38-34(36)37)30(51)40-16-27(47)42-22(14-28(48)49)31(52)43-23(13-18-15-39-20-6-2-1-5-19(18)20)33(54)45-11-4-8-25(45)32(53)44-24;3-2(4,5)1(6)7;/h1-2,5-6,15,21-25,39H,3-4,7-14,16-17H2,(H2,35,50)(H,40,51)(H,41,46)(H,42,47)(H,43,52)(H,44,53)(H,48,49)(H4,36,37,38);(H,6,7);1H4/t21-,22-,23-,24-,25-;;/m0../s1. The van der Waals surface area contributed by atoms with E-state index in [1.54, 1.807) is 12.3 Å². The summed E-state index contributed by atoms with van der Waals surface area (Å²) < 4.78 is 31.7. The fourth-order valence-corrected chi connectivity index (χ4v) is 8.39. The second-order valence-corrected chi connectivity index (χ2v) is 16.6. The zero-order valence-electron chi connectivity index (χ0n) is 33.4. The minimum Gasteiger partial charge on any atom is -0.481 e. The number of aliphatic imine (C=N–C) groups is 1. The van der Waals surface area contributed by atoms with Crippen LogP contribution in [0.3, 0.4) is 0 Å². The summed E-state index contributed by atoms with van der Waals surface area (Å²) in [7, 11) is 2.43. The first-order chi connectivity index (χ1) is 29.7. The number of carboxylic acids is 2. The monoisotopic (exact) mass is 947 g/mol. The second kappa shape index (κ2) is 25.8. The molecule has 0 unspecified atom stereocenters. The smallest absolute Gasteiger partial charge is 0.481 e. The first-order valence-electron chi connectivity index (χ1n) is 19.1. The molecule has 64 heavy (non-hydrogen) atoms. The van der Waals surface area contributed by atoms with Gasteiger partial charge in [0, 0.05) is 54.5 Å². The Morgan fingerprint density at radius 2 is 1.55 bits per heavy atom. The van der Waals surface area contributed by atoms with Crippen molar-refractivity contribution < 1.29 is 66.5 Å². The molecule has 0 aliphatic carbocycles. The number of carbonyl (C=O) groups excluding carboxylic acids is 7. The van der Waals surface area contributed by atoms with Crippen molar-refractivity contribution in [2.75, 3.05) is 31.1 Å². The quantitative estimate of drug-likeness (QED) is 0.0611.